The van der Waals surface area contributed by atoms with E-state index in [4.69, 9.17) is 4.74 Å². The normalized spacial score (nSPS) is 16.4. The molecule has 1 N–H and O–H groups in total. The number of nitrogens with one attached hydrogen (secondary N) is 1. The SMILES string of the molecule is COc1ncccc1C(=O)N1CCC[C@@H]1c1nccc(CNC(C)=O)n1. The lowest BCUT2D eigenvalue weighted by Crippen LogP contribution is -2.32. The predicted molar refractivity (Wildman–Crippen MR) is 93.4 cm³/mol. The second kappa shape index (κ2) is 7.90. The van der Waals surface area contributed by atoms with Crippen LogP contribution < -0.4 is 10.1 Å². The molecule has 2 amide bonds. The maximum Gasteiger partial charge on any atom is 0.259 e. The van der Waals surface area contributed by atoms with E-state index in [1.54, 1.807) is 35.5 Å². The Labute approximate surface area is 151 Å². The Morgan fingerprint density at radius 3 is 2.92 bits per heavy atom. The molecular formula is C18H21N5O3. The van der Waals surface area contributed by atoms with E-state index in [1.807, 2.05) is 0 Å². The number of aromatic nitrogens is 3. The van der Waals surface area contributed by atoms with Crippen LogP contribution in [0, 0.1) is 0 Å². The summed E-state index contributed by atoms with van der Waals surface area (Å²) >= 11 is 0. The number of pyridine rings is 1. The van der Waals surface area contributed by atoms with Gasteiger partial charge in [-0.2, -0.15) is 0 Å². The van der Waals surface area contributed by atoms with Crippen molar-refractivity contribution in [1.29, 1.82) is 0 Å². The van der Waals surface area contributed by atoms with Crippen molar-refractivity contribution < 1.29 is 14.3 Å². The number of nitrogens with zero attached hydrogens (tertiary/aromatic N) is 4. The van der Waals surface area contributed by atoms with Gasteiger partial charge < -0.3 is 15.0 Å². The van der Waals surface area contributed by atoms with Gasteiger partial charge in [0.25, 0.3) is 5.91 Å². The fourth-order valence-corrected chi connectivity index (χ4v) is 3.04. The second-order valence-electron chi connectivity index (χ2n) is 6.03. The summed E-state index contributed by atoms with van der Waals surface area (Å²) in [5, 5.41) is 2.72. The summed E-state index contributed by atoms with van der Waals surface area (Å²) < 4.78 is 5.21. The molecule has 1 fully saturated rings. The van der Waals surface area contributed by atoms with Crippen molar-refractivity contribution in [2.45, 2.75) is 32.4 Å². The van der Waals surface area contributed by atoms with Crippen LogP contribution in [0.5, 0.6) is 5.88 Å². The summed E-state index contributed by atoms with van der Waals surface area (Å²) in [4.78, 5) is 38.8. The fraction of sp³-hybridized carbons (Fsp3) is 0.389. The molecule has 2 aromatic rings. The number of carbonyl (C=O) groups excluding carboxylic acids is 2. The van der Waals surface area contributed by atoms with Gasteiger partial charge in [0.1, 0.15) is 5.56 Å². The first-order chi connectivity index (χ1) is 12.6. The fourth-order valence-electron chi connectivity index (χ4n) is 3.04. The van der Waals surface area contributed by atoms with Gasteiger partial charge in [-0.25, -0.2) is 15.0 Å². The average molecular weight is 355 g/mol. The lowest BCUT2D eigenvalue weighted by molar-refractivity contribution is -0.119. The minimum Gasteiger partial charge on any atom is -0.480 e. The molecule has 3 rings (SSSR count). The topological polar surface area (TPSA) is 97.3 Å². The van der Waals surface area contributed by atoms with Crippen molar-refractivity contribution in [1.82, 2.24) is 25.2 Å². The second-order valence-corrected chi connectivity index (χ2v) is 6.03. The first-order valence-corrected chi connectivity index (χ1v) is 8.46. The van der Waals surface area contributed by atoms with Gasteiger partial charge in [0, 0.05) is 25.9 Å². The average Bonchev–Trinajstić information content (AvgIpc) is 3.16. The predicted octanol–water partition coefficient (Wildman–Crippen LogP) is 1.49. The smallest absolute Gasteiger partial charge is 0.259 e. The van der Waals surface area contributed by atoms with Crippen LogP contribution in [0.3, 0.4) is 0 Å². The van der Waals surface area contributed by atoms with Crippen LogP contribution in [-0.2, 0) is 11.3 Å². The van der Waals surface area contributed by atoms with Gasteiger partial charge in [-0.1, -0.05) is 0 Å². The third-order valence-corrected chi connectivity index (χ3v) is 4.26. The van der Waals surface area contributed by atoms with E-state index < -0.39 is 0 Å². The number of amides is 2. The maximum atomic E-state index is 13.0. The monoisotopic (exact) mass is 355 g/mol. The van der Waals surface area contributed by atoms with Crippen molar-refractivity contribution >= 4 is 11.8 Å². The molecule has 8 nitrogen and oxygen atoms in total. The number of methoxy groups -OCH3 is 1. The number of likely N-dealkylation sites (tertiary alicyclic amines) is 1. The summed E-state index contributed by atoms with van der Waals surface area (Å²) in [6.07, 6.45) is 4.91. The Bertz CT molecular complexity index is 811. The molecule has 0 radical (unpaired) electrons. The third-order valence-electron chi connectivity index (χ3n) is 4.26. The molecule has 1 atom stereocenters. The summed E-state index contributed by atoms with van der Waals surface area (Å²) in [5.74, 6) is 0.629. The summed E-state index contributed by atoms with van der Waals surface area (Å²) in [6, 6.07) is 4.97. The first-order valence-electron chi connectivity index (χ1n) is 8.46. The van der Waals surface area contributed by atoms with E-state index in [0.717, 1.165) is 12.8 Å². The highest BCUT2D eigenvalue weighted by Crippen LogP contribution is 2.32. The highest BCUT2D eigenvalue weighted by atomic mass is 16.5. The van der Waals surface area contributed by atoms with Crippen LogP contribution in [0.15, 0.2) is 30.6 Å². The zero-order chi connectivity index (χ0) is 18.5. The lowest BCUT2D eigenvalue weighted by atomic mass is 10.1. The number of rotatable bonds is 5. The highest BCUT2D eigenvalue weighted by molar-refractivity contribution is 5.96. The van der Waals surface area contributed by atoms with E-state index in [0.29, 0.717) is 36.1 Å². The van der Waals surface area contributed by atoms with Crippen LogP contribution in [0.4, 0.5) is 0 Å². The van der Waals surface area contributed by atoms with Crippen LogP contribution in [0.2, 0.25) is 0 Å². The molecule has 2 aromatic heterocycles. The van der Waals surface area contributed by atoms with Crippen LogP contribution in [0.25, 0.3) is 0 Å². The van der Waals surface area contributed by atoms with Crippen LogP contribution in [-0.4, -0.2) is 45.3 Å². The lowest BCUT2D eigenvalue weighted by Gasteiger charge is -2.24. The Kier molecular flexibility index (Phi) is 5.40. The molecule has 1 aliphatic heterocycles. The number of hydrogen-bond acceptors (Lipinski definition) is 6. The molecule has 0 unspecified atom stereocenters. The zero-order valence-corrected chi connectivity index (χ0v) is 14.8. The van der Waals surface area contributed by atoms with Crippen molar-refractivity contribution in [3.05, 3.63) is 47.7 Å². The van der Waals surface area contributed by atoms with Crippen molar-refractivity contribution in [3.8, 4) is 5.88 Å². The Morgan fingerprint density at radius 1 is 1.31 bits per heavy atom. The number of carbonyl (C=O) groups is 2. The first kappa shape index (κ1) is 17.8. The number of ether oxygens (including phenoxy) is 1. The minimum atomic E-state index is -0.204. The summed E-state index contributed by atoms with van der Waals surface area (Å²) in [6.45, 7) is 2.42. The summed E-state index contributed by atoms with van der Waals surface area (Å²) in [7, 11) is 1.50. The van der Waals surface area contributed by atoms with E-state index >= 15 is 0 Å². The molecule has 0 spiro atoms. The van der Waals surface area contributed by atoms with Gasteiger partial charge >= 0.3 is 0 Å². The van der Waals surface area contributed by atoms with Gasteiger partial charge in [-0.05, 0) is 31.0 Å². The molecular weight excluding hydrogens is 334 g/mol. The molecule has 0 bridgehead atoms. The van der Waals surface area contributed by atoms with E-state index in [9.17, 15) is 9.59 Å². The molecule has 1 aliphatic rings. The Hall–Kier alpha value is -3.03. The van der Waals surface area contributed by atoms with E-state index in [1.165, 1.54) is 14.0 Å². The molecule has 0 aliphatic carbocycles. The van der Waals surface area contributed by atoms with E-state index in [-0.39, 0.29) is 17.9 Å². The van der Waals surface area contributed by atoms with Crippen molar-refractivity contribution in [2.24, 2.45) is 0 Å². The molecule has 0 aromatic carbocycles. The van der Waals surface area contributed by atoms with Gasteiger partial charge in [0.2, 0.25) is 11.8 Å². The molecule has 3 heterocycles. The highest BCUT2D eigenvalue weighted by Gasteiger charge is 2.34. The number of hydrogen-bond donors (Lipinski definition) is 1. The Morgan fingerprint density at radius 2 is 2.15 bits per heavy atom. The Balaban J connectivity index is 1.83. The molecule has 136 valence electrons. The van der Waals surface area contributed by atoms with Crippen LogP contribution in [0.1, 0.15) is 47.7 Å². The minimum absolute atomic E-state index is 0.119. The van der Waals surface area contributed by atoms with E-state index in [2.05, 4.69) is 20.3 Å². The molecule has 0 saturated carbocycles. The zero-order valence-electron chi connectivity index (χ0n) is 14.8. The van der Waals surface area contributed by atoms with Gasteiger partial charge in [0.05, 0.1) is 25.4 Å². The molecule has 26 heavy (non-hydrogen) atoms. The summed E-state index contributed by atoms with van der Waals surface area (Å²) in [5.41, 5.74) is 1.14. The van der Waals surface area contributed by atoms with Crippen molar-refractivity contribution in [2.75, 3.05) is 13.7 Å². The van der Waals surface area contributed by atoms with Crippen molar-refractivity contribution in [3.63, 3.8) is 0 Å². The van der Waals surface area contributed by atoms with Gasteiger partial charge in [-0.3, -0.25) is 9.59 Å². The maximum absolute atomic E-state index is 13.0. The van der Waals surface area contributed by atoms with Crippen LogP contribution >= 0.6 is 0 Å². The standard InChI is InChI=1S/C18H21N5O3/c1-12(24)21-11-13-7-9-19-16(22-13)15-6-4-10-23(15)18(25)14-5-3-8-20-17(14)26-2/h3,5,7-9,15H,4,6,10-11H2,1-2H3,(H,21,24)/t15-/m1/s1. The molecule has 1 saturated heterocycles. The quantitative estimate of drug-likeness (QED) is 0.873. The third kappa shape index (κ3) is 3.79. The largest absolute Gasteiger partial charge is 0.480 e. The molecule has 8 heteroatoms. The van der Waals surface area contributed by atoms with Gasteiger partial charge in [-0.15, -0.1) is 0 Å². The van der Waals surface area contributed by atoms with Gasteiger partial charge in [0.15, 0.2) is 5.82 Å².